The molecule has 0 amide bonds. The number of nitrogens with one attached hydrogen (secondary N) is 1. The molecule has 0 saturated carbocycles. The van der Waals surface area contributed by atoms with Gasteiger partial charge in [-0.3, -0.25) is 0 Å². The highest BCUT2D eigenvalue weighted by Gasteiger charge is 2.07. The highest BCUT2D eigenvalue weighted by Crippen LogP contribution is 2.28. The second-order valence-electron chi connectivity index (χ2n) is 3.98. The van der Waals surface area contributed by atoms with E-state index >= 15 is 0 Å². The number of hydrogen-bond acceptors (Lipinski definition) is 3. The summed E-state index contributed by atoms with van der Waals surface area (Å²) in [6.07, 6.45) is 1.65. The monoisotopic (exact) mass is 325 g/mol. The first-order chi connectivity index (χ1) is 8.58. The Labute approximate surface area is 119 Å². The van der Waals surface area contributed by atoms with Crippen LogP contribution in [-0.2, 0) is 6.54 Å². The molecule has 3 nitrogen and oxygen atoms in total. The molecule has 0 saturated heterocycles. The lowest BCUT2D eigenvalue weighted by molar-refractivity contribution is 1.10. The molecule has 0 unspecified atom stereocenters. The van der Waals surface area contributed by atoms with Gasteiger partial charge in [-0.25, -0.2) is 4.98 Å². The first-order valence-corrected chi connectivity index (χ1v) is 6.64. The van der Waals surface area contributed by atoms with Crippen molar-refractivity contribution in [2.45, 2.75) is 13.5 Å². The summed E-state index contributed by atoms with van der Waals surface area (Å²) in [6.45, 7) is 2.61. The molecule has 3 N–H and O–H groups in total. The fourth-order valence-corrected chi connectivity index (χ4v) is 2.23. The molecule has 2 aromatic rings. The van der Waals surface area contributed by atoms with E-state index in [1.54, 1.807) is 6.20 Å². The summed E-state index contributed by atoms with van der Waals surface area (Å²) in [5.41, 5.74) is 8.54. The van der Waals surface area contributed by atoms with Crippen LogP contribution in [0.15, 0.2) is 34.9 Å². The molecule has 0 spiro atoms. The molecule has 0 aliphatic heterocycles. The minimum absolute atomic E-state index is 0.662. The lowest BCUT2D eigenvalue weighted by atomic mass is 10.2. The van der Waals surface area contributed by atoms with Crippen LogP contribution in [0.2, 0.25) is 5.02 Å². The second kappa shape index (κ2) is 5.59. The van der Waals surface area contributed by atoms with Gasteiger partial charge in [-0.05, 0) is 46.1 Å². The third kappa shape index (κ3) is 2.94. The lowest BCUT2D eigenvalue weighted by Crippen LogP contribution is -2.04. The summed E-state index contributed by atoms with van der Waals surface area (Å²) >= 11 is 9.42. The van der Waals surface area contributed by atoms with Gasteiger partial charge in [0.25, 0.3) is 0 Å². The second-order valence-corrected chi connectivity index (χ2v) is 5.21. The normalized spacial score (nSPS) is 10.4. The summed E-state index contributed by atoms with van der Waals surface area (Å²) in [5, 5.41) is 3.98. The molecular formula is C13H13BrClN3. The number of aromatic nitrogens is 1. The Morgan fingerprint density at radius 2 is 2.22 bits per heavy atom. The van der Waals surface area contributed by atoms with E-state index in [9.17, 15) is 0 Å². The van der Waals surface area contributed by atoms with Gasteiger partial charge < -0.3 is 11.1 Å². The van der Waals surface area contributed by atoms with Crippen molar-refractivity contribution < 1.29 is 0 Å². The molecule has 1 heterocycles. The van der Waals surface area contributed by atoms with Crippen LogP contribution < -0.4 is 11.1 Å². The number of nitrogens with two attached hydrogens (primary N) is 1. The van der Waals surface area contributed by atoms with Gasteiger partial charge in [-0.1, -0.05) is 23.7 Å². The molecular weight excluding hydrogens is 314 g/mol. The molecule has 0 atom stereocenters. The quantitative estimate of drug-likeness (QED) is 0.896. The standard InChI is InChI=1S/C13H13BrClN3/c1-8-11(16)7-18-13(12(8)14)17-6-9-3-2-4-10(15)5-9/h2-5,7H,6,16H2,1H3,(H,17,18). The molecule has 0 aliphatic carbocycles. The number of anilines is 2. The smallest absolute Gasteiger partial charge is 0.140 e. The van der Waals surface area contributed by atoms with Crippen LogP contribution in [0.4, 0.5) is 11.5 Å². The molecule has 1 aromatic heterocycles. The van der Waals surface area contributed by atoms with E-state index in [4.69, 9.17) is 17.3 Å². The highest BCUT2D eigenvalue weighted by molar-refractivity contribution is 9.10. The van der Waals surface area contributed by atoms with Crippen LogP contribution in [-0.4, -0.2) is 4.98 Å². The molecule has 18 heavy (non-hydrogen) atoms. The zero-order valence-electron chi connectivity index (χ0n) is 9.87. The summed E-state index contributed by atoms with van der Waals surface area (Å²) in [7, 11) is 0. The summed E-state index contributed by atoms with van der Waals surface area (Å²) in [6, 6.07) is 7.71. The Kier molecular flexibility index (Phi) is 4.09. The van der Waals surface area contributed by atoms with Gasteiger partial charge in [0.1, 0.15) is 5.82 Å². The van der Waals surface area contributed by atoms with Crippen molar-refractivity contribution in [2.75, 3.05) is 11.1 Å². The predicted molar refractivity (Wildman–Crippen MR) is 79.9 cm³/mol. The van der Waals surface area contributed by atoms with Gasteiger partial charge in [0.15, 0.2) is 0 Å². The van der Waals surface area contributed by atoms with Gasteiger partial charge in [-0.2, -0.15) is 0 Å². The number of rotatable bonds is 3. The van der Waals surface area contributed by atoms with Gasteiger partial charge in [0.05, 0.1) is 16.4 Å². The third-order valence-corrected chi connectivity index (χ3v) is 3.86. The summed E-state index contributed by atoms with van der Waals surface area (Å²) < 4.78 is 0.893. The Bertz CT molecular complexity index is 572. The van der Waals surface area contributed by atoms with E-state index in [-0.39, 0.29) is 0 Å². The number of hydrogen-bond donors (Lipinski definition) is 2. The summed E-state index contributed by atoms with van der Waals surface area (Å²) in [5.74, 6) is 0.779. The average molecular weight is 327 g/mol. The third-order valence-electron chi connectivity index (χ3n) is 2.65. The Hall–Kier alpha value is -1.26. The van der Waals surface area contributed by atoms with E-state index in [1.807, 2.05) is 31.2 Å². The number of pyridine rings is 1. The van der Waals surface area contributed by atoms with E-state index in [1.165, 1.54) is 0 Å². The largest absolute Gasteiger partial charge is 0.397 e. The predicted octanol–water partition coefficient (Wildman–Crippen LogP) is 4.00. The minimum Gasteiger partial charge on any atom is -0.397 e. The SMILES string of the molecule is Cc1c(N)cnc(NCc2cccc(Cl)c2)c1Br. The van der Waals surface area contributed by atoms with Gasteiger partial charge in [0.2, 0.25) is 0 Å². The van der Waals surface area contributed by atoms with Crippen LogP contribution in [0.5, 0.6) is 0 Å². The molecule has 1 aromatic carbocycles. The zero-order chi connectivity index (χ0) is 13.1. The van der Waals surface area contributed by atoms with Crippen LogP contribution in [0.25, 0.3) is 0 Å². The van der Waals surface area contributed by atoms with Crippen molar-refractivity contribution in [2.24, 2.45) is 0 Å². The maximum Gasteiger partial charge on any atom is 0.140 e. The van der Waals surface area contributed by atoms with Gasteiger partial charge in [-0.15, -0.1) is 0 Å². The zero-order valence-corrected chi connectivity index (χ0v) is 12.2. The van der Waals surface area contributed by atoms with Crippen molar-refractivity contribution in [3.63, 3.8) is 0 Å². The van der Waals surface area contributed by atoms with Gasteiger partial charge in [0, 0.05) is 11.6 Å². The lowest BCUT2D eigenvalue weighted by Gasteiger charge is -2.11. The fraction of sp³-hybridized carbons (Fsp3) is 0.154. The molecule has 94 valence electrons. The number of halogens is 2. The average Bonchev–Trinajstić information content (AvgIpc) is 2.35. The maximum atomic E-state index is 5.93. The maximum absolute atomic E-state index is 5.93. The van der Waals surface area contributed by atoms with E-state index < -0.39 is 0 Å². The number of benzene rings is 1. The first-order valence-electron chi connectivity index (χ1n) is 5.47. The Morgan fingerprint density at radius 1 is 1.44 bits per heavy atom. The van der Waals surface area contributed by atoms with E-state index in [0.717, 1.165) is 26.4 Å². The molecule has 5 heteroatoms. The first kappa shape index (κ1) is 13.2. The molecule has 2 rings (SSSR count). The number of nitrogens with zero attached hydrogens (tertiary/aromatic N) is 1. The van der Waals surface area contributed by atoms with E-state index in [0.29, 0.717) is 12.2 Å². The fourth-order valence-electron chi connectivity index (χ4n) is 1.55. The highest BCUT2D eigenvalue weighted by atomic mass is 79.9. The van der Waals surface area contributed by atoms with Crippen molar-refractivity contribution in [3.05, 3.63) is 51.1 Å². The van der Waals surface area contributed by atoms with Crippen molar-refractivity contribution in [1.29, 1.82) is 0 Å². The van der Waals surface area contributed by atoms with Crippen molar-refractivity contribution in [1.82, 2.24) is 4.98 Å². The molecule has 0 aliphatic rings. The Morgan fingerprint density at radius 3 is 2.94 bits per heavy atom. The van der Waals surface area contributed by atoms with Crippen LogP contribution in [0, 0.1) is 6.92 Å². The summed E-state index contributed by atoms with van der Waals surface area (Å²) in [4.78, 5) is 4.26. The Balaban J connectivity index is 2.14. The van der Waals surface area contributed by atoms with Crippen LogP contribution in [0.1, 0.15) is 11.1 Å². The molecule has 0 bridgehead atoms. The van der Waals surface area contributed by atoms with Crippen molar-refractivity contribution >= 4 is 39.0 Å². The molecule has 0 fully saturated rings. The van der Waals surface area contributed by atoms with Gasteiger partial charge >= 0.3 is 0 Å². The minimum atomic E-state index is 0.662. The number of nitrogen functional groups attached to an aromatic ring is 1. The van der Waals surface area contributed by atoms with Crippen LogP contribution >= 0.6 is 27.5 Å². The molecule has 0 radical (unpaired) electrons. The topological polar surface area (TPSA) is 50.9 Å². The van der Waals surface area contributed by atoms with Crippen molar-refractivity contribution in [3.8, 4) is 0 Å². The van der Waals surface area contributed by atoms with Crippen LogP contribution in [0.3, 0.4) is 0 Å². The van der Waals surface area contributed by atoms with E-state index in [2.05, 4.69) is 26.2 Å².